The minimum atomic E-state index is 0.00120. The Labute approximate surface area is 104 Å². The summed E-state index contributed by atoms with van der Waals surface area (Å²) in [5.41, 5.74) is 0. The van der Waals surface area contributed by atoms with Gasteiger partial charge in [0.25, 0.3) is 0 Å². The minimum Gasteiger partial charge on any atom is -0.385 e. The van der Waals surface area contributed by atoms with Crippen LogP contribution in [-0.4, -0.2) is 75.7 Å². The second-order valence-electron chi connectivity index (χ2n) is 4.69. The Morgan fingerprint density at radius 2 is 2.24 bits per heavy atom. The first-order valence-corrected chi connectivity index (χ1v) is 6.31. The quantitative estimate of drug-likeness (QED) is 0.655. The van der Waals surface area contributed by atoms with E-state index in [4.69, 9.17) is 4.74 Å². The summed E-state index contributed by atoms with van der Waals surface area (Å²) in [5, 5.41) is 3.29. The molecule has 1 fully saturated rings. The number of amides is 1. The monoisotopic (exact) mass is 243 g/mol. The van der Waals surface area contributed by atoms with Crippen molar-refractivity contribution in [2.75, 3.05) is 54.0 Å². The summed E-state index contributed by atoms with van der Waals surface area (Å²) in [5.74, 6) is 0.198. The van der Waals surface area contributed by atoms with Gasteiger partial charge in [0.2, 0.25) is 5.91 Å². The Morgan fingerprint density at radius 3 is 2.88 bits per heavy atom. The molecule has 5 heteroatoms. The largest absolute Gasteiger partial charge is 0.385 e. The zero-order valence-electron chi connectivity index (χ0n) is 11.2. The maximum absolute atomic E-state index is 12.0. The first kappa shape index (κ1) is 14.4. The fourth-order valence-corrected chi connectivity index (χ4v) is 2.12. The normalized spacial score (nSPS) is 21.5. The molecule has 0 saturated carbocycles. The molecule has 1 unspecified atom stereocenters. The van der Waals surface area contributed by atoms with E-state index in [1.165, 1.54) is 0 Å². The van der Waals surface area contributed by atoms with Gasteiger partial charge in [-0.05, 0) is 19.4 Å². The third-order valence-corrected chi connectivity index (χ3v) is 3.12. The summed E-state index contributed by atoms with van der Waals surface area (Å²) in [6, 6.07) is 0.00120. The number of piperazine rings is 1. The van der Waals surface area contributed by atoms with Crippen LogP contribution in [0.15, 0.2) is 0 Å². The van der Waals surface area contributed by atoms with Crippen molar-refractivity contribution >= 4 is 5.91 Å². The molecule has 0 aliphatic carbocycles. The predicted octanol–water partition coefficient (Wildman–Crippen LogP) is -0.225. The van der Waals surface area contributed by atoms with Gasteiger partial charge in [-0.15, -0.1) is 0 Å². The lowest BCUT2D eigenvalue weighted by atomic mass is 10.1. The Bertz CT molecular complexity index is 234. The van der Waals surface area contributed by atoms with Gasteiger partial charge in [0.05, 0.1) is 0 Å². The van der Waals surface area contributed by atoms with E-state index in [-0.39, 0.29) is 11.9 Å². The Morgan fingerprint density at radius 1 is 1.47 bits per heavy atom. The van der Waals surface area contributed by atoms with Crippen LogP contribution in [0.3, 0.4) is 0 Å². The second-order valence-corrected chi connectivity index (χ2v) is 4.69. The van der Waals surface area contributed by atoms with E-state index >= 15 is 0 Å². The van der Waals surface area contributed by atoms with Crippen LogP contribution >= 0.6 is 0 Å². The highest BCUT2D eigenvalue weighted by atomic mass is 16.5. The number of nitrogens with one attached hydrogen (secondary N) is 1. The summed E-state index contributed by atoms with van der Waals surface area (Å²) in [4.78, 5) is 16.0. The van der Waals surface area contributed by atoms with Crippen molar-refractivity contribution in [1.29, 1.82) is 0 Å². The molecule has 0 aromatic heterocycles. The Hall–Kier alpha value is -0.650. The van der Waals surface area contributed by atoms with Crippen LogP contribution in [0.2, 0.25) is 0 Å². The number of nitrogens with zero attached hydrogens (tertiary/aromatic N) is 2. The number of carbonyl (C=O) groups excluding carboxylic acids is 1. The van der Waals surface area contributed by atoms with Crippen LogP contribution in [0.4, 0.5) is 0 Å². The maximum Gasteiger partial charge on any atom is 0.240 e. The fraction of sp³-hybridized carbons (Fsp3) is 0.917. The highest BCUT2D eigenvalue weighted by Crippen LogP contribution is 2.07. The highest BCUT2D eigenvalue weighted by molar-refractivity contribution is 5.81. The zero-order chi connectivity index (χ0) is 12.7. The first-order valence-electron chi connectivity index (χ1n) is 6.31. The standard InChI is InChI=1S/C12H25N3O2/c1-14(2)12(16)11-10-13-6-8-15(11)7-4-5-9-17-3/h11,13H,4-10H2,1-3H3. The van der Waals surface area contributed by atoms with Gasteiger partial charge in [-0.3, -0.25) is 9.69 Å². The van der Waals surface area contributed by atoms with Gasteiger partial charge in [-0.1, -0.05) is 0 Å². The van der Waals surface area contributed by atoms with Crippen LogP contribution in [0.5, 0.6) is 0 Å². The van der Waals surface area contributed by atoms with Gasteiger partial charge >= 0.3 is 0 Å². The minimum absolute atomic E-state index is 0.00120. The molecular weight excluding hydrogens is 218 g/mol. The molecule has 1 amide bonds. The molecule has 1 atom stereocenters. The molecule has 1 saturated heterocycles. The zero-order valence-corrected chi connectivity index (χ0v) is 11.2. The van der Waals surface area contributed by atoms with Gasteiger partial charge in [0, 0.05) is 47.4 Å². The van der Waals surface area contributed by atoms with Crippen molar-refractivity contribution in [3.63, 3.8) is 0 Å². The number of hydrogen-bond acceptors (Lipinski definition) is 4. The fourth-order valence-electron chi connectivity index (χ4n) is 2.12. The third-order valence-electron chi connectivity index (χ3n) is 3.12. The molecule has 0 bridgehead atoms. The van der Waals surface area contributed by atoms with Crippen molar-refractivity contribution in [3.8, 4) is 0 Å². The molecular formula is C12H25N3O2. The van der Waals surface area contributed by atoms with Crippen LogP contribution in [-0.2, 0) is 9.53 Å². The lowest BCUT2D eigenvalue weighted by molar-refractivity contribution is -0.135. The van der Waals surface area contributed by atoms with E-state index in [9.17, 15) is 4.79 Å². The summed E-state index contributed by atoms with van der Waals surface area (Å²) in [6.07, 6.45) is 2.15. The molecule has 0 aromatic rings. The van der Waals surface area contributed by atoms with Crippen molar-refractivity contribution < 1.29 is 9.53 Å². The SMILES string of the molecule is COCCCCN1CCNCC1C(=O)N(C)C. The summed E-state index contributed by atoms with van der Waals surface area (Å²) in [6.45, 7) is 4.48. The van der Waals surface area contributed by atoms with E-state index < -0.39 is 0 Å². The Kier molecular flexibility index (Phi) is 6.47. The molecule has 5 nitrogen and oxygen atoms in total. The van der Waals surface area contributed by atoms with Crippen LogP contribution in [0.1, 0.15) is 12.8 Å². The summed E-state index contributed by atoms with van der Waals surface area (Å²) >= 11 is 0. The van der Waals surface area contributed by atoms with E-state index in [0.717, 1.165) is 45.6 Å². The molecule has 1 heterocycles. The molecule has 1 rings (SSSR count). The first-order chi connectivity index (χ1) is 8.16. The molecule has 100 valence electrons. The van der Waals surface area contributed by atoms with E-state index in [2.05, 4.69) is 10.2 Å². The van der Waals surface area contributed by atoms with Gasteiger partial charge < -0.3 is 15.0 Å². The summed E-state index contributed by atoms with van der Waals surface area (Å²) in [7, 11) is 5.36. The molecule has 1 aliphatic heterocycles. The lowest BCUT2D eigenvalue weighted by Crippen LogP contribution is -2.57. The van der Waals surface area contributed by atoms with Gasteiger partial charge in [-0.25, -0.2) is 0 Å². The molecule has 0 aromatic carbocycles. The smallest absolute Gasteiger partial charge is 0.240 e. The van der Waals surface area contributed by atoms with Gasteiger partial charge in [-0.2, -0.15) is 0 Å². The molecule has 0 spiro atoms. The highest BCUT2D eigenvalue weighted by Gasteiger charge is 2.28. The van der Waals surface area contributed by atoms with E-state index in [1.807, 2.05) is 14.1 Å². The number of unbranched alkanes of at least 4 members (excludes halogenated alkanes) is 1. The Balaban J connectivity index is 2.40. The maximum atomic E-state index is 12.0. The topological polar surface area (TPSA) is 44.8 Å². The molecule has 17 heavy (non-hydrogen) atoms. The van der Waals surface area contributed by atoms with Gasteiger partial charge in [0.1, 0.15) is 6.04 Å². The van der Waals surface area contributed by atoms with E-state index in [0.29, 0.717) is 0 Å². The second kappa shape index (κ2) is 7.63. The van der Waals surface area contributed by atoms with E-state index in [1.54, 1.807) is 12.0 Å². The lowest BCUT2D eigenvalue weighted by Gasteiger charge is -2.36. The van der Waals surface area contributed by atoms with Crippen molar-refractivity contribution in [2.24, 2.45) is 0 Å². The number of likely N-dealkylation sites (N-methyl/N-ethyl adjacent to an activating group) is 1. The van der Waals surface area contributed by atoms with Gasteiger partial charge in [0.15, 0.2) is 0 Å². The number of rotatable bonds is 6. The van der Waals surface area contributed by atoms with Crippen molar-refractivity contribution in [2.45, 2.75) is 18.9 Å². The predicted molar refractivity (Wildman–Crippen MR) is 68.0 cm³/mol. The molecule has 1 N–H and O–H groups in total. The number of ether oxygens (including phenoxy) is 1. The average molecular weight is 243 g/mol. The van der Waals surface area contributed by atoms with Crippen LogP contribution in [0.25, 0.3) is 0 Å². The third kappa shape index (κ3) is 4.61. The number of hydrogen-bond donors (Lipinski definition) is 1. The molecule has 1 aliphatic rings. The molecule has 0 radical (unpaired) electrons. The van der Waals surface area contributed by atoms with Crippen molar-refractivity contribution in [1.82, 2.24) is 15.1 Å². The average Bonchev–Trinajstić information content (AvgIpc) is 2.34. The summed E-state index contributed by atoms with van der Waals surface area (Å²) < 4.78 is 5.04. The van der Waals surface area contributed by atoms with Crippen molar-refractivity contribution in [3.05, 3.63) is 0 Å². The number of carbonyl (C=O) groups is 1. The van der Waals surface area contributed by atoms with Crippen LogP contribution in [0, 0.1) is 0 Å². The number of methoxy groups -OCH3 is 1. The van der Waals surface area contributed by atoms with Crippen LogP contribution < -0.4 is 5.32 Å².